The van der Waals surface area contributed by atoms with Crippen molar-refractivity contribution in [1.29, 1.82) is 0 Å². The maximum Gasteiger partial charge on any atom is 0.332 e. The highest BCUT2D eigenvalue weighted by Gasteiger charge is 1.99. The summed E-state index contributed by atoms with van der Waals surface area (Å²) in [5, 5.41) is 0.675. The molecular formula is C11H12ClNO2. The zero-order chi connectivity index (χ0) is 11.3. The Morgan fingerprint density at radius 2 is 2.07 bits per heavy atom. The lowest BCUT2D eigenvalue weighted by molar-refractivity contribution is -0.134. The average Bonchev–Trinajstić information content (AvgIpc) is 2.21. The molecule has 0 atom stereocenters. The summed E-state index contributed by atoms with van der Waals surface area (Å²) in [6, 6.07) is 7.28. The zero-order valence-electron chi connectivity index (χ0n) is 8.37. The lowest BCUT2D eigenvalue weighted by Gasteiger charge is -2.01. The van der Waals surface area contributed by atoms with Gasteiger partial charge in [-0.3, -0.25) is 0 Å². The average molecular weight is 226 g/mol. The summed E-state index contributed by atoms with van der Waals surface area (Å²) in [6.07, 6.45) is 1.78. The van der Waals surface area contributed by atoms with E-state index < -0.39 is 5.97 Å². The lowest BCUT2D eigenvalue weighted by atomic mass is 10.1. The summed E-state index contributed by atoms with van der Waals surface area (Å²) in [6.45, 7) is 0. The molecule has 15 heavy (non-hydrogen) atoms. The number of nitrogens with two attached hydrogens (primary N) is 1. The van der Waals surface area contributed by atoms with Crippen molar-refractivity contribution in [1.82, 2.24) is 0 Å². The number of allylic oxidation sites excluding steroid dienone is 1. The highest BCUT2D eigenvalue weighted by molar-refractivity contribution is 6.30. The van der Waals surface area contributed by atoms with Gasteiger partial charge in [-0.25, -0.2) is 4.79 Å². The van der Waals surface area contributed by atoms with E-state index >= 15 is 0 Å². The van der Waals surface area contributed by atoms with Crippen LogP contribution in [0.4, 0.5) is 0 Å². The molecule has 0 fully saturated rings. The predicted octanol–water partition coefficient (Wildman–Crippen LogP) is 1.90. The van der Waals surface area contributed by atoms with Crippen LogP contribution in [0.25, 0.3) is 0 Å². The molecule has 0 aliphatic heterocycles. The molecule has 2 N–H and O–H groups in total. The van der Waals surface area contributed by atoms with Gasteiger partial charge in [0.25, 0.3) is 0 Å². The Hall–Kier alpha value is -1.48. The van der Waals surface area contributed by atoms with Crippen molar-refractivity contribution in [2.24, 2.45) is 5.73 Å². The van der Waals surface area contributed by atoms with Gasteiger partial charge in [0, 0.05) is 23.2 Å². The van der Waals surface area contributed by atoms with Crippen LogP contribution in [0.3, 0.4) is 0 Å². The fourth-order valence-electron chi connectivity index (χ4n) is 1.10. The number of hydrogen-bond donors (Lipinski definition) is 1. The Bertz CT molecular complexity index is 371. The normalized spacial score (nSPS) is 11.2. The van der Waals surface area contributed by atoms with E-state index in [0.717, 1.165) is 5.56 Å². The molecule has 0 radical (unpaired) electrons. The van der Waals surface area contributed by atoms with Crippen molar-refractivity contribution in [3.05, 3.63) is 46.6 Å². The molecule has 1 rings (SSSR count). The maximum atomic E-state index is 10.9. The van der Waals surface area contributed by atoms with E-state index in [0.29, 0.717) is 17.1 Å². The molecule has 4 heteroatoms. The van der Waals surface area contributed by atoms with E-state index in [-0.39, 0.29) is 0 Å². The van der Waals surface area contributed by atoms with E-state index in [2.05, 4.69) is 4.74 Å². The van der Waals surface area contributed by atoms with Crippen molar-refractivity contribution in [2.45, 2.75) is 6.42 Å². The van der Waals surface area contributed by atoms with Crippen LogP contribution in [0.1, 0.15) is 5.56 Å². The number of ether oxygens (including phenoxy) is 1. The van der Waals surface area contributed by atoms with Gasteiger partial charge in [0.1, 0.15) is 0 Å². The molecule has 80 valence electrons. The van der Waals surface area contributed by atoms with Crippen molar-refractivity contribution < 1.29 is 9.53 Å². The van der Waals surface area contributed by atoms with Crippen LogP contribution in [0, 0.1) is 0 Å². The summed E-state index contributed by atoms with van der Waals surface area (Å²) in [4.78, 5) is 10.9. The number of carbonyl (C=O) groups is 1. The molecule has 0 unspecified atom stereocenters. The minimum Gasteiger partial charge on any atom is -0.466 e. The molecule has 3 nitrogen and oxygen atoms in total. The first-order valence-electron chi connectivity index (χ1n) is 4.40. The maximum absolute atomic E-state index is 10.9. The van der Waals surface area contributed by atoms with Gasteiger partial charge in [-0.05, 0) is 17.7 Å². The van der Waals surface area contributed by atoms with Gasteiger partial charge in [0.2, 0.25) is 0 Å². The third kappa shape index (κ3) is 4.04. The fraction of sp³-hybridized carbons (Fsp3) is 0.182. The van der Waals surface area contributed by atoms with E-state index in [9.17, 15) is 4.79 Å². The van der Waals surface area contributed by atoms with Crippen molar-refractivity contribution >= 4 is 17.6 Å². The van der Waals surface area contributed by atoms with Crippen LogP contribution >= 0.6 is 11.6 Å². The van der Waals surface area contributed by atoms with Crippen LogP contribution in [-0.4, -0.2) is 13.1 Å². The number of methoxy groups -OCH3 is 1. The summed E-state index contributed by atoms with van der Waals surface area (Å²) in [5.41, 5.74) is 7.11. The molecule has 0 spiro atoms. The topological polar surface area (TPSA) is 52.3 Å². The van der Waals surface area contributed by atoms with Crippen LogP contribution in [-0.2, 0) is 16.0 Å². The molecule has 1 aromatic carbocycles. The Morgan fingerprint density at radius 1 is 1.47 bits per heavy atom. The molecular weight excluding hydrogens is 214 g/mol. The molecule has 0 aromatic heterocycles. The first kappa shape index (κ1) is 11.6. The molecule has 0 aliphatic rings. The van der Waals surface area contributed by atoms with E-state index in [1.807, 2.05) is 12.1 Å². The monoisotopic (exact) mass is 225 g/mol. The van der Waals surface area contributed by atoms with Gasteiger partial charge in [0.15, 0.2) is 0 Å². The Balaban J connectivity index is 2.66. The van der Waals surface area contributed by atoms with Crippen LogP contribution < -0.4 is 5.73 Å². The van der Waals surface area contributed by atoms with Crippen molar-refractivity contribution in [3.63, 3.8) is 0 Å². The molecule has 0 saturated heterocycles. The number of hydrogen-bond acceptors (Lipinski definition) is 3. The number of carbonyl (C=O) groups excluding carboxylic acids is 1. The largest absolute Gasteiger partial charge is 0.466 e. The highest BCUT2D eigenvalue weighted by atomic mass is 35.5. The summed E-state index contributed by atoms with van der Waals surface area (Å²) in [5.74, 6) is -0.443. The second-order valence-electron chi connectivity index (χ2n) is 3.05. The lowest BCUT2D eigenvalue weighted by Crippen LogP contribution is -2.06. The number of benzene rings is 1. The predicted molar refractivity (Wildman–Crippen MR) is 59.4 cm³/mol. The number of esters is 1. The molecule has 1 aromatic rings. The van der Waals surface area contributed by atoms with E-state index in [1.54, 1.807) is 12.1 Å². The molecule has 0 heterocycles. The van der Waals surface area contributed by atoms with Gasteiger partial charge < -0.3 is 10.5 Å². The van der Waals surface area contributed by atoms with Gasteiger partial charge in [-0.1, -0.05) is 23.7 Å². The van der Waals surface area contributed by atoms with Crippen molar-refractivity contribution in [3.8, 4) is 0 Å². The van der Waals surface area contributed by atoms with Gasteiger partial charge in [0.05, 0.1) is 7.11 Å². The quantitative estimate of drug-likeness (QED) is 0.632. The first-order chi connectivity index (χ1) is 7.11. The van der Waals surface area contributed by atoms with E-state index in [1.165, 1.54) is 13.2 Å². The summed E-state index contributed by atoms with van der Waals surface area (Å²) < 4.78 is 4.46. The second-order valence-corrected chi connectivity index (χ2v) is 3.48. The van der Waals surface area contributed by atoms with E-state index in [4.69, 9.17) is 17.3 Å². The summed E-state index contributed by atoms with van der Waals surface area (Å²) >= 11 is 5.74. The zero-order valence-corrected chi connectivity index (χ0v) is 9.12. The third-order valence-electron chi connectivity index (χ3n) is 1.83. The smallest absolute Gasteiger partial charge is 0.332 e. The van der Waals surface area contributed by atoms with Gasteiger partial charge in [-0.15, -0.1) is 0 Å². The Morgan fingerprint density at radius 3 is 2.60 bits per heavy atom. The minimum absolute atomic E-state index is 0.443. The molecule has 0 saturated carbocycles. The summed E-state index contributed by atoms with van der Waals surface area (Å²) in [7, 11) is 1.31. The standard InChI is InChI=1S/C11H12ClNO2/c1-15-11(14)7-10(13)6-8-2-4-9(12)5-3-8/h2-5,7H,6,13H2,1H3/b10-7+. The number of rotatable bonds is 3. The van der Waals surface area contributed by atoms with Crippen LogP contribution in [0.15, 0.2) is 36.0 Å². The van der Waals surface area contributed by atoms with Gasteiger partial charge >= 0.3 is 5.97 Å². The Kier molecular flexibility index (Phi) is 4.18. The Labute approximate surface area is 93.5 Å². The molecule has 0 amide bonds. The minimum atomic E-state index is -0.443. The molecule has 0 bridgehead atoms. The van der Waals surface area contributed by atoms with Crippen LogP contribution in [0.2, 0.25) is 5.02 Å². The highest BCUT2D eigenvalue weighted by Crippen LogP contribution is 2.11. The first-order valence-corrected chi connectivity index (χ1v) is 4.78. The fourth-order valence-corrected chi connectivity index (χ4v) is 1.23. The van der Waals surface area contributed by atoms with Crippen LogP contribution in [0.5, 0.6) is 0 Å². The second kappa shape index (κ2) is 5.41. The molecule has 0 aliphatic carbocycles. The van der Waals surface area contributed by atoms with Crippen molar-refractivity contribution in [2.75, 3.05) is 7.11 Å². The SMILES string of the molecule is COC(=O)/C=C(/N)Cc1ccc(Cl)cc1. The third-order valence-corrected chi connectivity index (χ3v) is 2.08. The number of halogens is 1. The van der Waals surface area contributed by atoms with Gasteiger partial charge in [-0.2, -0.15) is 0 Å².